The van der Waals surface area contributed by atoms with E-state index >= 15 is 0 Å². The molecule has 2 aromatic heterocycles. The van der Waals surface area contributed by atoms with Crippen molar-refractivity contribution < 1.29 is 29.4 Å². The molecule has 0 radical (unpaired) electrons. The molecule has 69 heavy (non-hydrogen) atoms. The largest absolute Gasteiger partial charge is 0.506 e. The first-order valence-electron chi connectivity index (χ1n) is 23.2. The number of rotatable bonds is 15. The number of carbonyl (C=O) groups excluding carboxylic acids is 4. The minimum atomic E-state index is -0.718. The quantitative estimate of drug-likeness (QED) is 0.0517. The molecule has 0 bridgehead atoms. The van der Waals surface area contributed by atoms with Crippen molar-refractivity contribution in [2.75, 3.05) is 39.3 Å². The zero-order valence-corrected chi connectivity index (χ0v) is 43.3. The van der Waals surface area contributed by atoms with Gasteiger partial charge in [0.05, 0.1) is 34.5 Å². The predicted octanol–water partition coefficient (Wildman–Crippen LogP) is 7.21. The highest BCUT2D eigenvalue weighted by atomic mass is 35.5. The molecule has 2 aliphatic heterocycles. The van der Waals surface area contributed by atoms with Crippen LogP contribution in [0.15, 0.2) is 41.4 Å². The number of nitrogens with two attached hydrogens (primary N) is 2. The number of piperidine rings is 2. The molecule has 0 unspecified atom stereocenters. The standard InChI is InChI=1S/C24H33Cl2N7O3.C24H32Cl2N4O3/c1-13(2)10-17(30-24(27)28)23(36)29-12-20(35)33-8-6-14(7-9-33)18-11-16(31-32(18)3)15-4-5-19(34)22(26)21(15)25;1-14(2)11-15(3)24(33)27-13-21(32)30-9-7-16(8-10-30)19-12-18(28-29(19)4)17-5-6-20(31)23(26)22(17)25/h4-5,11,13-14,17,34H,6-10,12H2,1-3H3,(H,29,36)(H4,27,28,30);5-6,12,14-16,31H,7-11,13H2,1-4H3,(H,27,33)/t17-;15-/m11/s1. The highest BCUT2D eigenvalue weighted by Crippen LogP contribution is 2.41. The van der Waals surface area contributed by atoms with Crippen LogP contribution in [0.5, 0.6) is 11.5 Å². The Labute approximate surface area is 423 Å². The van der Waals surface area contributed by atoms with Gasteiger partial charge in [0.25, 0.3) is 0 Å². The lowest BCUT2D eigenvalue weighted by molar-refractivity contribution is -0.134. The highest BCUT2D eigenvalue weighted by Gasteiger charge is 2.30. The van der Waals surface area contributed by atoms with Crippen molar-refractivity contribution in [1.29, 1.82) is 0 Å². The second-order valence-electron chi connectivity index (χ2n) is 18.7. The molecule has 376 valence electrons. The Bertz CT molecular complexity index is 2490. The minimum Gasteiger partial charge on any atom is -0.506 e. The summed E-state index contributed by atoms with van der Waals surface area (Å²) in [6.07, 6.45) is 4.43. The molecule has 4 aromatic rings. The molecule has 0 aliphatic carbocycles. The van der Waals surface area contributed by atoms with Gasteiger partial charge in [-0.1, -0.05) is 81.0 Å². The Hall–Kier alpha value is -5.23. The van der Waals surface area contributed by atoms with Gasteiger partial charge in [0.2, 0.25) is 23.6 Å². The van der Waals surface area contributed by atoms with E-state index in [9.17, 15) is 29.4 Å². The Morgan fingerprint density at radius 1 is 0.652 bits per heavy atom. The van der Waals surface area contributed by atoms with E-state index in [0.29, 0.717) is 61.0 Å². The summed E-state index contributed by atoms with van der Waals surface area (Å²) in [5.41, 5.74) is 15.6. The Morgan fingerprint density at radius 2 is 1.04 bits per heavy atom. The fourth-order valence-electron chi connectivity index (χ4n) is 8.81. The molecule has 2 atom stereocenters. The third-order valence-electron chi connectivity index (χ3n) is 12.4. The number of amides is 4. The van der Waals surface area contributed by atoms with Crippen LogP contribution in [0.25, 0.3) is 22.5 Å². The molecule has 2 saturated heterocycles. The third kappa shape index (κ3) is 14.4. The van der Waals surface area contributed by atoms with Gasteiger partial charge in [-0.25, -0.2) is 4.99 Å². The third-order valence-corrected chi connectivity index (χ3v) is 14.2. The number of hydrogen-bond acceptors (Lipinski definition) is 9. The summed E-state index contributed by atoms with van der Waals surface area (Å²) in [7, 11) is 3.76. The number of hydrogen-bond donors (Lipinski definition) is 6. The average molecular weight is 1030 g/mol. The van der Waals surface area contributed by atoms with Crippen LogP contribution < -0.4 is 22.1 Å². The number of nitrogens with zero attached hydrogens (tertiary/aromatic N) is 7. The van der Waals surface area contributed by atoms with Crippen molar-refractivity contribution in [3.05, 3.63) is 67.9 Å². The number of phenols is 2. The zero-order valence-electron chi connectivity index (χ0n) is 40.2. The van der Waals surface area contributed by atoms with E-state index in [4.69, 9.17) is 57.9 Å². The van der Waals surface area contributed by atoms with Gasteiger partial charge in [0, 0.05) is 80.5 Å². The number of halogens is 4. The van der Waals surface area contributed by atoms with E-state index in [1.54, 1.807) is 17.0 Å². The Balaban J connectivity index is 0.000000258. The zero-order chi connectivity index (χ0) is 50.9. The number of aromatic nitrogens is 4. The normalized spacial score (nSPS) is 15.4. The average Bonchev–Trinajstić information content (AvgIpc) is 3.89. The number of likely N-dealkylation sites (tertiary alicyclic amines) is 2. The van der Waals surface area contributed by atoms with Gasteiger partial charge < -0.3 is 42.1 Å². The predicted molar refractivity (Wildman–Crippen MR) is 271 cm³/mol. The van der Waals surface area contributed by atoms with E-state index in [-0.39, 0.29) is 97.9 Å². The molecule has 17 nitrogen and oxygen atoms in total. The molecule has 8 N–H and O–H groups in total. The summed E-state index contributed by atoms with van der Waals surface area (Å²) in [5.74, 6) is 0.0939. The van der Waals surface area contributed by atoms with Gasteiger partial charge in [-0.2, -0.15) is 10.2 Å². The monoisotopic (exact) mass is 1030 g/mol. The minimum absolute atomic E-state index is 0.0436. The van der Waals surface area contributed by atoms with E-state index in [1.165, 1.54) is 12.1 Å². The molecular weight excluding hydrogens is 968 g/mol. The van der Waals surface area contributed by atoms with Crippen LogP contribution in [0.3, 0.4) is 0 Å². The van der Waals surface area contributed by atoms with Crippen LogP contribution in [-0.4, -0.2) is 114 Å². The maximum atomic E-state index is 12.7. The number of benzene rings is 2. The summed E-state index contributed by atoms with van der Waals surface area (Å²) >= 11 is 24.8. The van der Waals surface area contributed by atoms with Gasteiger partial charge in [-0.3, -0.25) is 28.5 Å². The van der Waals surface area contributed by atoms with Crippen LogP contribution in [-0.2, 0) is 33.3 Å². The summed E-state index contributed by atoms with van der Waals surface area (Å²) in [4.78, 5) is 57.6. The first-order chi connectivity index (χ1) is 32.6. The van der Waals surface area contributed by atoms with Gasteiger partial charge in [0.1, 0.15) is 27.6 Å². The molecule has 4 heterocycles. The number of aryl methyl sites for hydroxylation is 2. The van der Waals surface area contributed by atoms with Crippen molar-refractivity contribution >= 4 is 76.0 Å². The first kappa shape index (κ1) is 54.7. The van der Waals surface area contributed by atoms with Crippen molar-refractivity contribution in [1.82, 2.24) is 40.0 Å². The first-order valence-corrected chi connectivity index (χ1v) is 24.7. The maximum absolute atomic E-state index is 12.7. The molecule has 21 heteroatoms. The van der Waals surface area contributed by atoms with E-state index in [2.05, 4.69) is 39.7 Å². The molecule has 2 fully saturated rings. The summed E-state index contributed by atoms with van der Waals surface area (Å²) in [6.45, 7) is 12.3. The van der Waals surface area contributed by atoms with E-state index in [0.717, 1.165) is 43.5 Å². The number of aliphatic imine (C=N–C) groups is 1. The summed E-state index contributed by atoms with van der Waals surface area (Å²) in [6, 6.07) is 9.62. The molecule has 2 aromatic carbocycles. The highest BCUT2D eigenvalue weighted by molar-refractivity contribution is 6.45. The molecular formula is C48H65Cl4N11O6. The molecule has 6 rings (SSSR count). The number of phenolic OH excluding ortho intramolecular Hbond substituents is 2. The van der Waals surface area contributed by atoms with Gasteiger partial charge >= 0.3 is 0 Å². The molecule has 0 spiro atoms. The van der Waals surface area contributed by atoms with E-state index in [1.807, 2.05) is 61.3 Å². The lowest BCUT2D eigenvalue weighted by Gasteiger charge is -2.32. The van der Waals surface area contributed by atoms with Crippen molar-refractivity contribution in [2.45, 2.75) is 91.0 Å². The van der Waals surface area contributed by atoms with Gasteiger partial charge in [-0.05, 0) is 86.8 Å². The molecule has 2 aliphatic rings. The number of aromatic hydroxyl groups is 2. The molecule has 0 saturated carbocycles. The second kappa shape index (κ2) is 24.6. The smallest absolute Gasteiger partial charge is 0.245 e. The number of carbonyl (C=O) groups is 4. The van der Waals surface area contributed by atoms with Gasteiger partial charge in [0.15, 0.2) is 5.96 Å². The Kier molecular flexibility index (Phi) is 19.5. The SMILES string of the molecule is CC(C)C[C@@H](C)C(=O)NCC(=O)N1CCC(c2cc(-c3ccc(O)c(Cl)c3Cl)nn2C)CC1.CC(C)C[C@@H](N=C(N)N)C(=O)NCC(=O)N1CCC(c2cc(-c3ccc(O)c(Cl)c3Cl)nn2C)CC1. The van der Waals surface area contributed by atoms with Crippen LogP contribution in [0, 0.1) is 17.8 Å². The second-order valence-corrected chi connectivity index (χ2v) is 20.2. The topological polar surface area (TPSA) is 239 Å². The number of nitrogens with one attached hydrogen (secondary N) is 2. The van der Waals surface area contributed by atoms with Crippen molar-refractivity contribution in [2.24, 2.45) is 48.3 Å². The van der Waals surface area contributed by atoms with Crippen LogP contribution in [0.4, 0.5) is 0 Å². The lowest BCUT2D eigenvalue weighted by atomic mass is 9.92. The van der Waals surface area contributed by atoms with Gasteiger partial charge in [-0.15, -0.1) is 0 Å². The summed E-state index contributed by atoms with van der Waals surface area (Å²) in [5, 5.41) is 34.9. The Morgan fingerprint density at radius 3 is 1.42 bits per heavy atom. The van der Waals surface area contributed by atoms with E-state index < -0.39 is 6.04 Å². The molecule has 4 amide bonds. The van der Waals surface area contributed by atoms with Crippen LogP contribution in [0.1, 0.15) is 96.4 Å². The van der Waals surface area contributed by atoms with Crippen molar-refractivity contribution in [3.63, 3.8) is 0 Å². The van der Waals surface area contributed by atoms with Crippen molar-refractivity contribution in [3.8, 4) is 34.0 Å². The number of guanidine groups is 1. The lowest BCUT2D eigenvalue weighted by Crippen LogP contribution is -2.46. The van der Waals surface area contributed by atoms with Crippen LogP contribution in [0.2, 0.25) is 20.1 Å². The fourth-order valence-corrected chi connectivity index (χ4v) is 9.66. The van der Waals surface area contributed by atoms with Crippen LogP contribution >= 0.6 is 46.4 Å². The maximum Gasteiger partial charge on any atom is 0.245 e. The fraction of sp³-hybridized carbons (Fsp3) is 0.521. The summed E-state index contributed by atoms with van der Waals surface area (Å²) < 4.78 is 3.65.